The molecule has 0 aromatic heterocycles. The molecular formula is C21H32N2O6. The molecular weight excluding hydrogens is 376 g/mol. The van der Waals surface area contributed by atoms with Crippen molar-refractivity contribution in [1.29, 1.82) is 0 Å². The maximum atomic E-state index is 11.6. The zero-order valence-corrected chi connectivity index (χ0v) is 17.7. The van der Waals surface area contributed by atoms with E-state index in [2.05, 4.69) is 10.1 Å². The minimum Gasteiger partial charge on any atom is -0.494 e. The summed E-state index contributed by atoms with van der Waals surface area (Å²) in [5, 5.41) is 2.97. The minimum atomic E-state index is -0.303. The molecule has 1 N–H and O–H groups in total. The number of esters is 2. The van der Waals surface area contributed by atoms with E-state index >= 15 is 0 Å². The Balaban J connectivity index is 0.000000326. The first-order valence-corrected chi connectivity index (χ1v) is 9.89. The molecule has 1 aromatic rings. The first-order valence-electron chi connectivity index (χ1n) is 9.89. The number of benzene rings is 1. The molecule has 0 amide bonds. The van der Waals surface area contributed by atoms with E-state index in [9.17, 15) is 14.4 Å². The van der Waals surface area contributed by atoms with Gasteiger partial charge in [-0.05, 0) is 51.9 Å². The van der Waals surface area contributed by atoms with Crippen LogP contribution in [0.5, 0.6) is 5.75 Å². The van der Waals surface area contributed by atoms with E-state index in [4.69, 9.17) is 9.47 Å². The quantitative estimate of drug-likeness (QED) is 0.332. The van der Waals surface area contributed by atoms with Gasteiger partial charge in [0.1, 0.15) is 18.1 Å². The van der Waals surface area contributed by atoms with Crippen molar-refractivity contribution in [2.45, 2.75) is 39.3 Å². The van der Waals surface area contributed by atoms with Crippen molar-refractivity contribution in [1.82, 2.24) is 10.2 Å². The van der Waals surface area contributed by atoms with Gasteiger partial charge in [0, 0.05) is 6.54 Å². The van der Waals surface area contributed by atoms with Gasteiger partial charge in [0.2, 0.25) is 0 Å². The second-order valence-corrected chi connectivity index (χ2v) is 6.31. The molecule has 0 aliphatic carbocycles. The third-order valence-electron chi connectivity index (χ3n) is 4.15. The average Bonchev–Trinajstić information content (AvgIpc) is 3.46. The van der Waals surface area contributed by atoms with Crippen LogP contribution in [-0.4, -0.2) is 75.2 Å². The van der Waals surface area contributed by atoms with E-state index in [1.165, 1.54) is 0 Å². The lowest BCUT2D eigenvalue weighted by Crippen LogP contribution is -2.37. The number of nitrogens with one attached hydrogen (secondary N) is 1. The van der Waals surface area contributed by atoms with E-state index < -0.39 is 0 Å². The third-order valence-corrected chi connectivity index (χ3v) is 4.15. The Bertz CT molecular complexity index is 635. The lowest BCUT2D eigenvalue weighted by molar-refractivity contribution is -0.145. The number of rotatable bonds is 11. The van der Waals surface area contributed by atoms with Crippen LogP contribution in [0.3, 0.4) is 0 Å². The van der Waals surface area contributed by atoms with Gasteiger partial charge in [0.15, 0.2) is 0 Å². The smallest absolute Gasteiger partial charge is 0.323 e. The van der Waals surface area contributed by atoms with Crippen molar-refractivity contribution >= 4 is 18.2 Å². The Morgan fingerprint density at radius 2 is 1.79 bits per heavy atom. The molecule has 1 aromatic carbocycles. The number of ether oxygens (including phenoxy) is 3. The molecule has 1 unspecified atom stereocenters. The Kier molecular flexibility index (Phi) is 11.6. The molecule has 0 spiro atoms. The van der Waals surface area contributed by atoms with Crippen molar-refractivity contribution in [3.05, 3.63) is 29.8 Å². The number of carbonyl (C=O) groups is 3. The molecule has 2 rings (SSSR count). The second kappa shape index (κ2) is 13.7. The van der Waals surface area contributed by atoms with Crippen LogP contribution in [0.15, 0.2) is 24.3 Å². The highest BCUT2D eigenvalue weighted by Crippen LogP contribution is 2.14. The van der Waals surface area contributed by atoms with Crippen molar-refractivity contribution in [2.75, 3.05) is 40.0 Å². The van der Waals surface area contributed by atoms with E-state index in [1.54, 1.807) is 18.9 Å². The predicted octanol–water partition coefficient (Wildman–Crippen LogP) is 1.21. The van der Waals surface area contributed by atoms with E-state index in [-0.39, 0.29) is 30.6 Å². The molecule has 3 atom stereocenters. The zero-order chi connectivity index (χ0) is 21.6. The highest BCUT2D eigenvalue weighted by Gasteiger charge is 2.35. The van der Waals surface area contributed by atoms with Crippen LogP contribution in [0.1, 0.15) is 26.3 Å². The fraction of sp³-hybridized carbons (Fsp3) is 0.571. The van der Waals surface area contributed by atoms with E-state index in [0.717, 1.165) is 17.6 Å². The first kappa shape index (κ1) is 24.6. The fourth-order valence-electron chi connectivity index (χ4n) is 2.55. The predicted molar refractivity (Wildman–Crippen MR) is 109 cm³/mol. The molecule has 1 aliphatic rings. The standard InChI is InChI=1S/C14H21NO3.C7H11NO3/c1-4-17-12-8-6-11(7-9-12)10-13(15-3)14(16)18-5-2;1-2-11-7(10)4-8-3-6(8)5-9/h6-9,13,15H,4-5,10H2,1-3H3;5-6H,2-4H2,1H3/t13-;6-,8?/m00/s1. The van der Waals surface area contributed by atoms with Gasteiger partial charge in [-0.15, -0.1) is 0 Å². The Morgan fingerprint density at radius 1 is 1.14 bits per heavy atom. The van der Waals surface area contributed by atoms with Gasteiger partial charge in [-0.25, -0.2) is 0 Å². The number of hydrogen-bond acceptors (Lipinski definition) is 8. The highest BCUT2D eigenvalue weighted by atomic mass is 16.5. The highest BCUT2D eigenvalue weighted by molar-refractivity contribution is 5.76. The minimum absolute atomic E-state index is 0.0422. The number of hydrogen-bond donors (Lipinski definition) is 1. The number of aldehydes is 1. The summed E-state index contributed by atoms with van der Waals surface area (Å²) >= 11 is 0. The summed E-state index contributed by atoms with van der Waals surface area (Å²) < 4.78 is 15.1. The van der Waals surface area contributed by atoms with Crippen molar-refractivity contribution < 1.29 is 28.6 Å². The summed E-state index contributed by atoms with van der Waals surface area (Å²) in [5.74, 6) is 0.379. The first-order chi connectivity index (χ1) is 14.0. The van der Waals surface area contributed by atoms with Crippen LogP contribution in [-0.2, 0) is 30.3 Å². The Morgan fingerprint density at radius 3 is 2.28 bits per heavy atom. The van der Waals surface area contributed by atoms with Gasteiger partial charge < -0.3 is 24.3 Å². The summed E-state index contributed by atoms with van der Waals surface area (Å²) in [6.07, 6.45) is 1.46. The van der Waals surface area contributed by atoms with Gasteiger partial charge in [0.05, 0.1) is 32.4 Å². The summed E-state index contributed by atoms with van der Waals surface area (Å²) in [6.45, 7) is 7.92. The van der Waals surface area contributed by atoms with Gasteiger partial charge in [-0.2, -0.15) is 0 Å². The fourth-order valence-corrected chi connectivity index (χ4v) is 2.55. The van der Waals surface area contributed by atoms with E-state index in [0.29, 0.717) is 32.8 Å². The molecule has 162 valence electrons. The van der Waals surface area contributed by atoms with Crippen LogP contribution in [0, 0.1) is 0 Å². The largest absolute Gasteiger partial charge is 0.494 e. The van der Waals surface area contributed by atoms with Gasteiger partial charge in [-0.3, -0.25) is 14.5 Å². The summed E-state index contributed by atoms with van der Waals surface area (Å²) in [5.41, 5.74) is 1.07. The van der Waals surface area contributed by atoms with Crippen LogP contribution in [0.25, 0.3) is 0 Å². The molecule has 1 heterocycles. The number of likely N-dealkylation sites (N-methyl/N-ethyl adjacent to an activating group) is 1. The van der Waals surface area contributed by atoms with Crippen LogP contribution < -0.4 is 10.1 Å². The maximum Gasteiger partial charge on any atom is 0.323 e. The molecule has 0 radical (unpaired) electrons. The van der Waals surface area contributed by atoms with Crippen LogP contribution in [0.2, 0.25) is 0 Å². The molecule has 8 nitrogen and oxygen atoms in total. The van der Waals surface area contributed by atoms with Gasteiger partial charge in [0.25, 0.3) is 0 Å². The second-order valence-electron chi connectivity index (χ2n) is 6.31. The molecule has 8 heteroatoms. The summed E-state index contributed by atoms with van der Waals surface area (Å²) in [4.78, 5) is 34.3. The monoisotopic (exact) mass is 408 g/mol. The topological polar surface area (TPSA) is 93.9 Å². The maximum absolute atomic E-state index is 11.6. The van der Waals surface area contributed by atoms with Crippen LogP contribution >= 0.6 is 0 Å². The summed E-state index contributed by atoms with van der Waals surface area (Å²) in [6, 6.07) is 7.42. The Labute approximate surface area is 172 Å². The normalized spacial score (nSPS) is 17.9. The number of nitrogens with zero attached hydrogens (tertiary/aromatic N) is 1. The van der Waals surface area contributed by atoms with Crippen LogP contribution in [0.4, 0.5) is 0 Å². The average molecular weight is 408 g/mol. The lowest BCUT2D eigenvalue weighted by Gasteiger charge is -2.14. The molecule has 1 aliphatic heterocycles. The van der Waals surface area contributed by atoms with Crippen molar-refractivity contribution in [3.63, 3.8) is 0 Å². The van der Waals surface area contributed by atoms with E-state index in [1.807, 2.05) is 38.1 Å². The lowest BCUT2D eigenvalue weighted by atomic mass is 10.1. The van der Waals surface area contributed by atoms with Crippen molar-refractivity contribution in [2.24, 2.45) is 0 Å². The Hall–Kier alpha value is -2.45. The van der Waals surface area contributed by atoms with Gasteiger partial charge in [-0.1, -0.05) is 12.1 Å². The van der Waals surface area contributed by atoms with Crippen molar-refractivity contribution in [3.8, 4) is 5.75 Å². The molecule has 29 heavy (non-hydrogen) atoms. The molecule has 0 bridgehead atoms. The molecule has 0 saturated carbocycles. The van der Waals surface area contributed by atoms with Gasteiger partial charge >= 0.3 is 11.9 Å². The summed E-state index contributed by atoms with van der Waals surface area (Å²) in [7, 11) is 1.76. The molecule has 1 saturated heterocycles. The third kappa shape index (κ3) is 9.54. The zero-order valence-electron chi connectivity index (χ0n) is 17.7. The SMILES string of the molecule is CCOC(=O)CN1C[C@H]1C=O.CCOC(=O)[C@H](Cc1ccc(OCC)cc1)NC. The number of carbonyl (C=O) groups excluding carboxylic acids is 3. The molecule has 1 fully saturated rings.